The van der Waals surface area contributed by atoms with Crippen LogP contribution in [0.2, 0.25) is 5.02 Å². The predicted octanol–water partition coefficient (Wildman–Crippen LogP) is 4.79. The molecule has 0 bridgehead atoms. The summed E-state index contributed by atoms with van der Waals surface area (Å²) in [5.41, 5.74) is 2.16. The predicted molar refractivity (Wildman–Crippen MR) is 86.3 cm³/mol. The molecule has 2 aliphatic carbocycles. The van der Waals surface area contributed by atoms with Crippen LogP contribution in [0.5, 0.6) is 0 Å². The molecule has 110 valence electrons. The summed E-state index contributed by atoms with van der Waals surface area (Å²) < 4.78 is 0. The highest BCUT2D eigenvalue weighted by Crippen LogP contribution is 2.54. The van der Waals surface area contributed by atoms with Crippen LogP contribution in [0.3, 0.4) is 0 Å². The van der Waals surface area contributed by atoms with Gasteiger partial charge in [-0.15, -0.1) is 0 Å². The summed E-state index contributed by atoms with van der Waals surface area (Å²) in [7, 11) is 0. The van der Waals surface area contributed by atoms with E-state index in [4.69, 9.17) is 11.6 Å². The average Bonchev–Trinajstić information content (AvgIpc) is 3.09. The number of hydrogen-bond acceptors (Lipinski definition) is 1. The Labute approximate surface area is 128 Å². The molecule has 3 rings (SSSR count). The fourth-order valence-electron chi connectivity index (χ4n) is 3.42. The molecule has 0 spiro atoms. The Hall–Kier alpha value is -0.530. The molecular formula is C18H26ClN. The molecule has 2 fully saturated rings. The fraction of sp³-hybridized carbons (Fsp3) is 0.667. The molecule has 0 atom stereocenters. The molecule has 0 heterocycles. The minimum absolute atomic E-state index is 0.311. The second kappa shape index (κ2) is 5.03. The van der Waals surface area contributed by atoms with Crippen molar-refractivity contribution in [1.29, 1.82) is 0 Å². The van der Waals surface area contributed by atoms with Crippen LogP contribution in [-0.2, 0) is 5.41 Å². The van der Waals surface area contributed by atoms with E-state index < -0.39 is 0 Å². The van der Waals surface area contributed by atoms with Gasteiger partial charge in [0.25, 0.3) is 0 Å². The Balaban J connectivity index is 1.78. The molecule has 2 aliphatic rings. The standard InChI is InChI=1S/C18H26ClN/c1-17(2,3)14-10-18(11-14,12-20-16-7-8-16)13-5-4-6-15(19)9-13/h4-6,9,14,16,20H,7-8,10-12H2,1-3H3. The number of halogens is 1. The zero-order valence-electron chi connectivity index (χ0n) is 12.9. The topological polar surface area (TPSA) is 12.0 Å². The molecular weight excluding hydrogens is 266 g/mol. The van der Waals surface area contributed by atoms with Crippen molar-refractivity contribution in [1.82, 2.24) is 5.32 Å². The minimum Gasteiger partial charge on any atom is -0.313 e. The van der Waals surface area contributed by atoms with Gasteiger partial charge in [-0.25, -0.2) is 0 Å². The van der Waals surface area contributed by atoms with Crippen LogP contribution in [0.15, 0.2) is 24.3 Å². The first kappa shape index (κ1) is 14.4. The molecule has 0 aromatic heterocycles. The number of hydrogen-bond donors (Lipinski definition) is 1. The SMILES string of the molecule is CC(C)(C)C1CC(CNC2CC2)(c2cccc(Cl)c2)C1. The van der Waals surface area contributed by atoms with Crippen LogP contribution in [-0.4, -0.2) is 12.6 Å². The van der Waals surface area contributed by atoms with Gasteiger partial charge in [0.15, 0.2) is 0 Å². The van der Waals surface area contributed by atoms with Crippen LogP contribution in [0.4, 0.5) is 0 Å². The van der Waals surface area contributed by atoms with E-state index in [-0.39, 0.29) is 0 Å². The zero-order valence-corrected chi connectivity index (χ0v) is 13.6. The normalized spacial score (nSPS) is 30.1. The fourth-order valence-corrected chi connectivity index (χ4v) is 3.61. The van der Waals surface area contributed by atoms with Crippen LogP contribution in [0.25, 0.3) is 0 Å². The number of rotatable bonds is 4. The molecule has 0 amide bonds. The maximum absolute atomic E-state index is 6.21. The Morgan fingerprint density at radius 3 is 2.50 bits per heavy atom. The minimum atomic E-state index is 0.311. The Morgan fingerprint density at radius 2 is 1.95 bits per heavy atom. The van der Waals surface area contributed by atoms with Crippen molar-refractivity contribution in [2.75, 3.05) is 6.54 Å². The second-order valence-electron chi connectivity index (χ2n) is 7.92. The van der Waals surface area contributed by atoms with E-state index in [0.29, 0.717) is 10.8 Å². The third-order valence-electron chi connectivity index (χ3n) is 5.24. The molecule has 1 nitrogen and oxygen atoms in total. The summed E-state index contributed by atoms with van der Waals surface area (Å²) in [4.78, 5) is 0. The van der Waals surface area contributed by atoms with Crippen LogP contribution in [0.1, 0.15) is 52.0 Å². The van der Waals surface area contributed by atoms with Crippen LogP contribution in [0, 0.1) is 11.3 Å². The maximum Gasteiger partial charge on any atom is 0.0408 e. The van der Waals surface area contributed by atoms with E-state index >= 15 is 0 Å². The van der Waals surface area contributed by atoms with Gasteiger partial charge >= 0.3 is 0 Å². The third kappa shape index (κ3) is 2.89. The van der Waals surface area contributed by atoms with Gasteiger partial charge in [-0.2, -0.15) is 0 Å². The van der Waals surface area contributed by atoms with Crippen molar-refractivity contribution in [2.45, 2.75) is 57.9 Å². The van der Waals surface area contributed by atoms with Gasteiger partial charge in [0, 0.05) is 23.0 Å². The lowest BCUT2D eigenvalue weighted by atomic mass is 9.52. The number of benzene rings is 1. The van der Waals surface area contributed by atoms with Gasteiger partial charge in [0.2, 0.25) is 0 Å². The number of nitrogens with one attached hydrogen (secondary N) is 1. The lowest BCUT2D eigenvalue weighted by molar-refractivity contribution is 0.0446. The van der Waals surface area contributed by atoms with Crippen molar-refractivity contribution in [3.8, 4) is 0 Å². The lowest BCUT2D eigenvalue weighted by Crippen LogP contribution is -2.52. The largest absolute Gasteiger partial charge is 0.313 e. The molecule has 1 aromatic rings. The smallest absolute Gasteiger partial charge is 0.0408 e. The highest BCUT2D eigenvalue weighted by molar-refractivity contribution is 6.30. The van der Waals surface area contributed by atoms with Gasteiger partial charge in [-0.3, -0.25) is 0 Å². The molecule has 0 radical (unpaired) electrons. The average molecular weight is 292 g/mol. The maximum atomic E-state index is 6.21. The van der Waals surface area contributed by atoms with E-state index in [2.05, 4.69) is 44.3 Å². The van der Waals surface area contributed by atoms with Crippen molar-refractivity contribution in [3.05, 3.63) is 34.9 Å². The van der Waals surface area contributed by atoms with Gasteiger partial charge < -0.3 is 5.32 Å². The summed E-state index contributed by atoms with van der Waals surface area (Å²) in [5, 5.41) is 4.61. The Morgan fingerprint density at radius 1 is 1.25 bits per heavy atom. The van der Waals surface area contributed by atoms with E-state index in [1.165, 1.54) is 31.2 Å². The van der Waals surface area contributed by atoms with E-state index in [9.17, 15) is 0 Å². The van der Waals surface area contributed by atoms with E-state index in [1.54, 1.807) is 0 Å². The van der Waals surface area contributed by atoms with E-state index in [0.717, 1.165) is 23.5 Å². The lowest BCUT2D eigenvalue weighted by Gasteiger charge is -2.53. The summed E-state index contributed by atoms with van der Waals surface area (Å²) in [6, 6.07) is 9.29. The van der Waals surface area contributed by atoms with Gasteiger partial charge in [0.05, 0.1) is 0 Å². The first-order valence-corrected chi connectivity index (χ1v) is 8.26. The molecule has 0 aliphatic heterocycles. The Kier molecular flexibility index (Phi) is 3.63. The monoisotopic (exact) mass is 291 g/mol. The third-order valence-corrected chi connectivity index (χ3v) is 5.48. The molecule has 20 heavy (non-hydrogen) atoms. The summed E-state index contributed by atoms with van der Waals surface area (Å²) >= 11 is 6.21. The highest BCUT2D eigenvalue weighted by Gasteiger charge is 2.49. The van der Waals surface area contributed by atoms with Crippen LogP contribution >= 0.6 is 11.6 Å². The summed E-state index contributed by atoms with van der Waals surface area (Å²) in [6.45, 7) is 8.22. The van der Waals surface area contributed by atoms with Crippen molar-refractivity contribution < 1.29 is 0 Å². The van der Waals surface area contributed by atoms with Crippen molar-refractivity contribution >= 4 is 11.6 Å². The molecule has 1 N–H and O–H groups in total. The first-order chi connectivity index (χ1) is 9.39. The molecule has 2 heteroatoms. The molecule has 2 saturated carbocycles. The first-order valence-electron chi connectivity index (χ1n) is 7.88. The Bertz CT molecular complexity index is 478. The molecule has 0 saturated heterocycles. The van der Waals surface area contributed by atoms with Gasteiger partial charge in [-0.1, -0.05) is 44.5 Å². The zero-order chi connectivity index (χ0) is 14.4. The second-order valence-corrected chi connectivity index (χ2v) is 8.35. The molecule has 0 unspecified atom stereocenters. The van der Waals surface area contributed by atoms with E-state index in [1.807, 2.05) is 6.07 Å². The summed E-state index contributed by atoms with van der Waals surface area (Å²) in [5.74, 6) is 0.822. The highest BCUT2D eigenvalue weighted by atomic mass is 35.5. The van der Waals surface area contributed by atoms with Crippen molar-refractivity contribution in [2.24, 2.45) is 11.3 Å². The van der Waals surface area contributed by atoms with Gasteiger partial charge in [-0.05, 0) is 54.7 Å². The van der Waals surface area contributed by atoms with Crippen LogP contribution < -0.4 is 5.32 Å². The van der Waals surface area contributed by atoms with Gasteiger partial charge in [0.1, 0.15) is 0 Å². The molecule has 1 aromatic carbocycles. The quantitative estimate of drug-likeness (QED) is 0.841. The summed E-state index contributed by atoms with van der Waals surface area (Å²) in [6.07, 6.45) is 5.29. The van der Waals surface area contributed by atoms with Crippen molar-refractivity contribution in [3.63, 3.8) is 0 Å².